The molecule has 1 aromatic heterocycles. The molecule has 3 rings (SSSR count). The first-order valence-electron chi connectivity index (χ1n) is 6.19. The maximum atomic E-state index is 13.5. The van der Waals surface area contributed by atoms with E-state index < -0.39 is 11.9 Å². The maximum absolute atomic E-state index is 13.5. The van der Waals surface area contributed by atoms with E-state index in [0.29, 0.717) is 11.3 Å². The Hall–Kier alpha value is -1.65. The van der Waals surface area contributed by atoms with Crippen molar-refractivity contribution in [3.8, 4) is 0 Å². The molecule has 20 heavy (non-hydrogen) atoms. The standard InChI is InChI=1S/C16H12BrFO2/c1-9-4-2-5-10-8-13(20-16(9)10)15(19)11-6-3-7-12(18)14(11)17/h2-8,15,19H,1H3. The molecule has 3 aromatic rings. The third-order valence-corrected chi connectivity index (χ3v) is 4.14. The van der Waals surface area contributed by atoms with Crippen molar-refractivity contribution in [1.82, 2.24) is 0 Å². The van der Waals surface area contributed by atoms with E-state index in [1.807, 2.05) is 25.1 Å². The molecule has 102 valence electrons. The van der Waals surface area contributed by atoms with Gasteiger partial charge in [-0.25, -0.2) is 4.39 Å². The van der Waals surface area contributed by atoms with Gasteiger partial charge in [-0.1, -0.05) is 30.3 Å². The lowest BCUT2D eigenvalue weighted by molar-refractivity contribution is 0.191. The van der Waals surface area contributed by atoms with Crippen LogP contribution in [0.5, 0.6) is 0 Å². The molecule has 2 nitrogen and oxygen atoms in total. The summed E-state index contributed by atoms with van der Waals surface area (Å²) in [6.07, 6.45) is -1.01. The van der Waals surface area contributed by atoms with Crippen molar-refractivity contribution in [3.63, 3.8) is 0 Å². The van der Waals surface area contributed by atoms with E-state index in [4.69, 9.17) is 4.42 Å². The fourth-order valence-electron chi connectivity index (χ4n) is 2.25. The lowest BCUT2D eigenvalue weighted by Gasteiger charge is -2.10. The second-order valence-electron chi connectivity index (χ2n) is 4.69. The average Bonchev–Trinajstić information content (AvgIpc) is 2.87. The normalized spacial score (nSPS) is 12.8. The summed E-state index contributed by atoms with van der Waals surface area (Å²) in [6, 6.07) is 12.1. The van der Waals surface area contributed by atoms with Gasteiger partial charge in [0, 0.05) is 10.9 Å². The molecule has 1 unspecified atom stereocenters. The second kappa shape index (κ2) is 5.04. The maximum Gasteiger partial charge on any atom is 0.138 e. The van der Waals surface area contributed by atoms with Gasteiger partial charge in [0.25, 0.3) is 0 Å². The molecule has 0 bridgehead atoms. The summed E-state index contributed by atoms with van der Waals surface area (Å²) in [4.78, 5) is 0. The number of furan rings is 1. The van der Waals surface area contributed by atoms with Gasteiger partial charge in [0.2, 0.25) is 0 Å². The first-order chi connectivity index (χ1) is 9.58. The Bertz CT molecular complexity index is 779. The molecule has 0 aliphatic carbocycles. The molecular weight excluding hydrogens is 323 g/mol. The van der Waals surface area contributed by atoms with Crippen molar-refractivity contribution in [2.24, 2.45) is 0 Å². The van der Waals surface area contributed by atoms with Crippen molar-refractivity contribution < 1.29 is 13.9 Å². The SMILES string of the molecule is Cc1cccc2cc(C(O)c3cccc(F)c3Br)oc12. The highest BCUT2D eigenvalue weighted by atomic mass is 79.9. The molecule has 0 amide bonds. The van der Waals surface area contributed by atoms with E-state index in [1.54, 1.807) is 18.2 Å². The van der Waals surface area contributed by atoms with E-state index in [1.165, 1.54) is 6.07 Å². The Balaban J connectivity index is 2.10. The molecule has 0 spiro atoms. The molecule has 0 saturated carbocycles. The van der Waals surface area contributed by atoms with Crippen molar-refractivity contribution in [2.75, 3.05) is 0 Å². The Morgan fingerprint density at radius 1 is 1.20 bits per heavy atom. The minimum Gasteiger partial charge on any atom is -0.458 e. The number of aryl methyl sites for hydroxylation is 1. The van der Waals surface area contributed by atoms with Crippen LogP contribution in [0.3, 0.4) is 0 Å². The molecule has 1 N–H and O–H groups in total. The van der Waals surface area contributed by atoms with Crippen LogP contribution < -0.4 is 0 Å². The van der Waals surface area contributed by atoms with Gasteiger partial charge in [-0.2, -0.15) is 0 Å². The summed E-state index contributed by atoms with van der Waals surface area (Å²) >= 11 is 3.16. The zero-order chi connectivity index (χ0) is 14.3. The monoisotopic (exact) mass is 334 g/mol. The molecule has 0 radical (unpaired) electrons. The van der Waals surface area contributed by atoms with Crippen LogP contribution in [0.25, 0.3) is 11.0 Å². The summed E-state index contributed by atoms with van der Waals surface area (Å²) in [6.45, 7) is 1.94. The first-order valence-corrected chi connectivity index (χ1v) is 6.98. The Morgan fingerprint density at radius 2 is 1.95 bits per heavy atom. The lowest BCUT2D eigenvalue weighted by Crippen LogP contribution is -2.00. The van der Waals surface area contributed by atoms with Gasteiger partial charge in [-0.05, 0) is 40.5 Å². The third-order valence-electron chi connectivity index (χ3n) is 3.31. The highest BCUT2D eigenvalue weighted by molar-refractivity contribution is 9.10. The number of halogens is 2. The first kappa shape index (κ1) is 13.3. The lowest BCUT2D eigenvalue weighted by atomic mass is 10.1. The predicted molar refractivity (Wildman–Crippen MR) is 79.1 cm³/mol. The zero-order valence-corrected chi connectivity index (χ0v) is 12.3. The number of benzene rings is 2. The number of hydrogen-bond acceptors (Lipinski definition) is 2. The molecule has 0 aliphatic rings. The highest BCUT2D eigenvalue weighted by Crippen LogP contribution is 2.33. The predicted octanol–water partition coefficient (Wildman–Crippen LogP) is 4.72. The van der Waals surface area contributed by atoms with Crippen LogP contribution in [0.1, 0.15) is 23.0 Å². The quantitative estimate of drug-likeness (QED) is 0.735. The molecule has 0 fully saturated rings. The second-order valence-corrected chi connectivity index (χ2v) is 5.48. The van der Waals surface area contributed by atoms with Gasteiger partial charge < -0.3 is 9.52 Å². The fraction of sp³-hybridized carbons (Fsp3) is 0.125. The largest absolute Gasteiger partial charge is 0.458 e. The van der Waals surface area contributed by atoms with Gasteiger partial charge in [0.15, 0.2) is 0 Å². The number of para-hydroxylation sites is 1. The van der Waals surface area contributed by atoms with Crippen LogP contribution >= 0.6 is 15.9 Å². The van der Waals surface area contributed by atoms with Crippen LogP contribution in [0.2, 0.25) is 0 Å². The van der Waals surface area contributed by atoms with Gasteiger partial charge in [0.05, 0.1) is 4.47 Å². The average molecular weight is 335 g/mol. The third kappa shape index (κ3) is 2.15. The minimum atomic E-state index is -1.01. The number of fused-ring (bicyclic) bond motifs is 1. The molecular formula is C16H12BrFO2. The molecule has 2 aromatic carbocycles. The number of aliphatic hydroxyl groups excluding tert-OH is 1. The van der Waals surface area contributed by atoms with Crippen LogP contribution in [-0.2, 0) is 0 Å². The van der Waals surface area contributed by atoms with Gasteiger partial charge >= 0.3 is 0 Å². The molecule has 0 aliphatic heterocycles. The van der Waals surface area contributed by atoms with Crippen molar-refractivity contribution >= 4 is 26.9 Å². The summed E-state index contributed by atoms with van der Waals surface area (Å²) < 4.78 is 19.5. The van der Waals surface area contributed by atoms with Crippen molar-refractivity contribution in [1.29, 1.82) is 0 Å². The number of aliphatic hydroxyl groups is 1. The van der Waals surface area contributed by atoms with Crippen LogP contribution in [0, 0.1) is 12.7 Å². The van der Waals surface area contributed by atoms with Crippen LogP contribution in [0.15, 0.2) is 51.4 Å². The Morgan fingerprint density at radius 3 is 2.70 bits per heavy atom. The number of hydrogen-bond donors (Lipinski definition) is 1. The smallest absolute Gasteiger partial charge is 0.138 e. The van der Waals surface area contributed by atoms with E-state index in [2.05, 4.69) is 15.9 Å². The van der Waals surface area contributed by atoms with E-state index in [9.17, 15) is 9.50 Å². The summed E-state index contributed by atoms with van der Waals surface area (Å²) in [5.41, 5.74) is 2.19. The molecule has 1 heterocycles. The zero-order valence-electron chi connectivity index (χ0n) is 10.7. The fourth-order valence-corrected chi connectivity index (χ4v) is 2.73. The van der Waals surface area contributed by atoms with Crippen molar-refractivity contribution in [3.05, 3.63) is 69.6 Å². The van der Waals surface area contributed by atoms with Gasteiger partial charge in [-0.15, -0.1) is 0 Å². The Labute approximate surface area is 124 Å². The summed E-state index contributed by atoms with van der Waals surface area (Å²) in [5.74, 6) is -0.00515. The van der Waals surface area contributed by atoms with E-state index in [0.717, 1.165) is 16.5 Å². The van der Waals surface area contributed by atoms with E-state index in [-0.39, 0.29) is 4.47 Å². The number of rotatable bonds is 2. The highest BCUT2D eigenvalue weighted by Gasteiger charge is 2.20. The Kier molecular flexibility index (Phi) is 3.36. The van der Waals surface area contributed by atoms with Crippen LogP contribution in [-0.4, -0.2) is 5.11 Å². The van der Waals surface area contributed by atoms with Crippen LogP contribution in [0.4, 0.5) is 4.39 Å². The molecule has 1 atom stereocenters. The van der Waals surface area contributed by atoms with Gasteiger partial charge in [0.1, 0.15) is 23.3 Å². The summed E-state index contributed by atoms with van der Waals surface area (Å²) in [5, 5.41) is 11.3. The molecule has 0 saturated heterocycles. The topological polar surface area (TPSA) is 33.4 Å². The van der Waals surface area contributed by atoms with Crippen molar-refractivity contribution in [2.45, 2.75) is 13.0 Å². The van der Waals surface area contributed by atoms with Gasteiger partial charge in [-0.3, -0.25) is 0 Å². The summed E-state index contributed by atoms with van der Waals surface area (Å²) in [7, 11) is 0. The minimum absolute atomic E-state index is 0.254. The van der Waals surface area contributed by atoms with E-state index >= 15 is 0 Å². The molecule has 4 heteroatoms.